The van der Waals surface area contributed by atoms with Gasteiger partial charge < -0.3 is 10.6 Å². The van der Waals surface area contributed by atoms with Crippen LogP contribution < -0.4 is 21.5 Å². The molecule has 25 heavy (non-hydrogen) atoms. The van der Waals surface area contributed by atoms with Crippen molar-refractivity contribution in [3.8, 4) is 6.07 Å². The number of nitrogens with zero attached hydrogens (tertiary/aromatic N) is 1. The van der Waals surface area contributed by atoms with E-state index in [1.54, 1.807) is 24.3 Å². The maximum absolute atomic E-state index is 11.9. The predicted octanol–water partition coefficient (Wildman–Crippen LogP) is 3.38. The SMILES string of the molecule is Cc1ccc([C@@H](C)Nc2c(Nc3ccc(C#N)cc3)c(=O)c2=O)cc1. The van der Waals surface area contributed by atoms with Crippen LogP contribution in [-0.2, 0) is 0 Å². The molecule has 0 fully saturated rings. The van der Waals surface area contributed by atoms with Crippen LogP contribution in [0.1, 0.15) is 29.7 Å². The van der Waals surface area contributed by atoms with Crippen molar-refractivity contribution in [2.24, 2.45) is 0 Å². The van der Waals surface area contributed by atoms with Gasteiger partial charge in [0.05, 0.1) is 11.6 Å². The standard InChI is InChI=1S/C20H17N3O2/c1-12-3-7-15(8-4-12)13(2)22-17-18(20(25)19(17)24)23-16-9-5-14(11-21)6-10-16/h3-10,13,22-23H,1-2H3/t13-/m1/s1. The number of nitrogens with one attached hydrogen (secondary N) is 2. The molecule has 0 aliphatic carbocycles. The number of rotatable bonds is 5. The number of nitriles is 1. The lowest BCUT2D eigenvalue weighted by Gasteiger charge is -2.20. The fourth-order valence-electron chi connectivity index (χ4n) is 2.58. The van der Waals surface area contributed by atoms with E-state index in [1.165, 1.54) is 0 Å². The Kier molecular flexibility index (Phi) is 4.36. The van der Waals surface area contributed by atoms with Crippen LogP contribution in [0.4, 0.5) is 17.1 Å². The summed E-state index contributed by atoms with van der Waals surface area (Å²) in [6.45, 7) is 3.95. The molecular formula is C20H17N3O2. The summed E-state index contributed by atoms with van der Waals surface area (Å²) in [7, 11) is 0. The Morgan fingerprint density at radius 1 is 0.920 bits per heavy atom. The summed E-state index contributed by atoms with van der Waals surface area (Å²) in [4.78, 5) is 23.8. The highest BCUT2D eigenvalue weighted by atomic mass is 16.2. The quantitative estimate of drug-likeness (QED) is 0.700. The van der Waals surface area contributed by atoms with E-state index in [0.717, 1.165) is 11.1 Å². The topological polar surface area (TPSA) is 82.0 Å². The molecular weight excluding hydrogens is 314 g/mol. The van der Waals surface area contributed by atoms with Crippen molar-refractivity contribution in [2.75, 3.05) is 10.6 Å². The zero-order chi connectivity index (χ0) is 18.0. The van der Waals surface area contributed by atoms with Crippen molar-refractivity contribution in [3.63, 3.8) is 0 Å². The summed E-state index contributed by atoms with van der Waals surface area (Å²) in [5, 5.41) is 14.9. The average molecular weight is 331 g/mol. The van der Waals surface area contributed by atoms with Gasteiger partial charge in [-0.2, -0.15) is 5.26 Å². The highest BCUT2D eigenvalue weighted by molar-refractivity contribution is 5.79. The number of hydrogen-bond donors (Lipinski definition) is 2. The minimum atomic E-state index is -0.539. The normalized spacial score (nSPS) is 11.7. The Labute approximate surface area is 145 Å². The molecule has 1 atom stereocenters. The molecule has 0 bridgehead atoms. The first-order valence-corrected chi connectivity index (χ1v) is 7.93. The van der Waals surface area contributed by atoms with Crippen molar-refractivity contribution in [1.29, 1.82) is 5.26 Å². The highest BCUT2D eigenvalue weighted by Gasteiger charge is 2.22. The maximum atomic E-state index is 11.9. The van der Waals surface area contributed by atoms with Crippen LogP contribution >= 0.6 is 0 Å². The molecule has 0 unspecified atom stereocenters. The molecule has 0 aliphatic heterocycles. The van der Waals surface area contributed by atoms with Gasteiger partial charge in [0.15, 0.2) is 0 Å². The van der Waals surface area contributed by atoms with Crippen molar-refractivity contribution in [1.82, 2.24) is 0 Å². The van der Waals surface area contributed by atoms with Gasteiger partial charge in [0.1, 0.15) is 11.4 Å². The fourth-order valence-corrected chi connectivity index (χ4v) is 2.58. The van der Waals surface area contributed by atoms with Crippen molar-refractivity contribution in [2.45, 2.75) is 19.9 Å². The Morgan fingerprint density at radius 3 is 2.12 bits per heavy atom. The molecule has 0 heterocycles. The zero-order valence-corrected chi connectivity index (χ0v) is 14.0. The molecule has 0 spiro atoms. The summed E-state index contributed by atoms with van der Waals surface area (Å²) in [5.41, 5.74) is 2.87. The fraction of sp³-hybridized carbons (Fsp3) is 0.150. The maximum Gasteiger partial charge on any atom is 0.253 e. The van der Waals surface area contributed by atoms with Crippen molar-refractivity contribution < 1.29 is 0 Å². The molecule has 124 valence electrons. The van der Waals surface area contributed by atoms with Gasteiger partial charge in [-0.05, 0) is 43.7 Å². The molecule has 5 heteroatoms. The van der Waals surface area contributed by atoms with Gasteiger partial charge in [0.25, 0.3) is 10.9 Å². The average Bonchev–Trinajstić information content (AvgIpc) is 2.65. The molecule has 0 aliphatic rings. The first kappa shape index (κ1) is 16.5. The smallest absolute Gasteiger partial charge is 0.253 e. The number of anilines is 3. The van der Waals surface area contributed by atoms with Gasteiger partial charge >= 0.3 is 0 Å². The molecule has 3 aromatic carbocycles. The van der Waals surface area contributed by atoms with E-state index in [4.69, 9.17) is 5.26 Å². The second-order valence-electron chi connectivity index (χ2n) is 6.00. The Morgan fingerprint density at radius 2 is 1.52 bits per heavy atom. The molecule has 2 N–H and O–H groups in total. The molecule has 0 radical (unpaired) electrons. The zero-order valence-electron chi connectivity index (χ0n) is 14.0. The van der Waals surface area contributed by atoms with E-state index < -0.39 is 10.9 Å². The van der Waals surface area contributed by atoms with Crippen LogP contribution in [0.2, 0.25) is 0 Å². The third-order valence-electron chi connectivity index (χ3n) is 4.13. The van der Waals surface area contributed by atoms with Gasteiger partial charge in [0, 0.05) is 11.7 Å². The van der Waals surface area contributed by atoms with Gasteiger partial charge in [0.2, 0.25) is 0 Å². The van der Waals surface area contributed by atoms with Crippen LogP contribution in [-0.4, -0.2) is 0 Å². The second-order valence-corrected chi connectivity index (χ2v) is 6.00. The Balaban J connectivity index is 1.80. The predicted molar refractivity (Wildman–Crippen MR) is 99.0 cm³/mol. The third-order valence-corrected chi connectivity index (χ3v) is 4.13. The van der Waals surface area contributed by atoms with Crippen LogP contribution in [0.15, 0.2) is 58.1 Å². The summed E-state index contributed by atoms with van der Waals surface area (Å²) < 4.78 is 0. The monoisotopic (exact) mass is 331 g/mol. The first-order chi connectivity index (χ1) is 12.0. The number of aryl methyl sites for hydroxylation is 1. The lowest BCUT2D eigenvalue weighted by atomic mass is 10.0. The van der Waals surface area contributed by atoms with Crippen LogP contribution in [0.3, 0.4) is 0 Å². The molecule has 0 aromatic heterocycles. The lowest BCUT2D eigenvalue weighted by molar-refractivity contribution is 0.879. The molecule has 3 aromatic rings. The molecule has 0 saturated carbocycles. The van der Waals surface area contributed by atoms with E-state index in [9.17, 15) is 9.59 Å². The van der Waals surface area contributed by atoms with Crippen LogP contribution in [0.25, 0.3) is 0 Å². The third kappa shape index (κ3) is 3.29. The number of benzene rings is 2. The second kappa shape index (κ2) is 6.62. The van der Waals surface area contributed by atoms with E-state index >= 15 is 0 Å². The van der Waals surface area contributed by atoms with Crippen LogP contribution in [0, 0.1) is 18.3 Å². The minimum Gasteiger partial charge on any atom is -0.373 e. The van der Waals surface area contributed by atoms with Gasteiger partial charge in [-0.1, -0.05) is 29.8 Å². The van der Waals surface area contributed by atoms with Gasteiger partial charge in [-0.25, -0.2) is 0 Å². The summed E-state index contributed by atoms with van der Waals surface area (Å²) in [6.07, 6.45) is 0. The van der Waals surface area contributed by atoms with E-state index in [0.29, 0.717) is 16.9 Å². The summed E-state index contributed by atoms with van der Waals surface area (Å²) in [5.74, 6) is 0. The van der Waals surface area contributed by atoms with E-state index in [1.807, 2.05) is 44.2 Å². The number of hydrogen-bond acceptors (Lipinski definition) is 5. The molecule has 0 amide bonds. The summed E-state index contributed by atoms with van der Waals surface area (Å²) in [6, 6.07) is 16.6. The van der Waals surface area contributed by atoms with E-state index in [2.05, 4.69) is 10.6 Å². The highest BCUT2D eigenvalue weighted by Crippen LogP contribution is 2.25. The largest absolute Gasteiger partial charge is 0.373 e. The lowest BCUT2D eigenvalue weighted by Crippen LogP contribution is -2.37. The van der Waals surface area contributed by atoms with Crippen molar-refractivity contribution >= 4 is 17.1 Å². The molecule has 0 saturated heterocycles. The summed E-state index contributed by atoms with van der Waals surface area (Å²) >= 11 is 0. The molecule has 3 rings (SSSR count). The van der Waals surface area contributed by atoms with Crippen molar-refractivity contribution in [3.05, 3.63) is 85.7 Å². The van der Waals surface area contributed by atoms with E-state index in [-0.39, 0.29) is 11.7 Å². The molecule has 5 nitrogen and oxygen atoms in total. The minimum absolute atomic E-state index is 0.106. The first-order valence-electron chi connectivity index (χ1n) is 7.93. The van der Waals surface area contributed by atoms with Gasteiger partial charge in [-0.15, -0.1) is 0 Å². The Hall–Kier alpha value is -3.39. The van der Waals surface area contributed by atoms with Gasteiger partial charge in [-0.3, -0.25) is 9.59 Å². The Bertz CT molecular complexity index is 1010. The van der Waals surface area contributed by atoms with Crippen LogP contribution in [0.5, 0.6) is 0 Å².